The maximum atomic E-state index is 14.2. The molecular weight excluding hydrogens is 446 g/mol. The largest absolute Gasteiger partial charge is 0.463 e. The number of ether oxygens (including phenoxy) is 1. The van der Waals surface area contributed by atoms with Gasteiger partial charge in [-0.2, -0.15) is 0 Å². The molecule has 0 radical (unpaired) electrons. The van der Waals surface area contributed by atoms with E-state index in [2.05, 4.69) is 11.2 Å². The van der Waals surface area contributed by atoms with Gasteiger partial charge >= 0.3 is 5.97 Å². The highest BCUT2D eigenvalue weighted by molar-refractivity contribution is 6.20. The molecule has 0 saturated heterocycles. The summed E-state index contributed by atoms with van der Waals surface area (Å²) in [5.74, 6) is 1.66. The van der Waals surface area contributed by atoms with E-state index in [9.17, 15) is 9.59 Å². The topological polar surface area (TPSA) is 55.4 Å². The fraction of sp³-hybridized carbons (Fsp3) is 0.188. The van der Waals surface area contributed by atoms with E-state index in [-0.39, 0.29) is 18.8 Å². The molecule has 178 valence electrons. The second kappa shape index (κ2) is 9.71. The van der Waals surface area contributed by atoms with Gasteiger partial charge in [-0.05, 0) is 35.3 Å². The first-order valence-electron chi connectivity index (χ1n) is 12.2. The van der Waals surface area contributed by atoms with Crippen LogP contribution in [0, 0.1) is 17.8 Å². The Morgan fingerprint density at radius 3 is 2.28 bits per heavy atom. The van der Waals surface area contributed by atoms with Crippen LogP contribution in [0.2, 0.25) is 0 Å². The summed E-state index contributed by atoms with van der Waals surface area (Å²) in [6.07, 6.45) is 8.03. The minimum absolute atomic E-state index is 0.0555. The summed E-state index contributed by atoms with van der Waals surface area (Å²) >= 11 is 0. The van der Waals surface area contributed by atoms with Crippen LogP contribution in [0.25, 0.3) is 5.57 Å². The molecule has 3 aromatic rings. The van der Waals surface area contributed by atoms with Crippen LogP contribution in [-0.2, 0) is 16.1 Å². The number of esters is 1. The quantitative estimate of drug-likeness (QED) is 0.354. The summed E-state index contributed by atoms with van der Waals surface area (Å²) in [4.78, 5) is 27.8. The molecule has 2 aliphatic carbocycles. The number of ketones is 1. The van der Waals surface area contributed by atoms with Crippen LogP contribution in [0.1, 0.15) is 46.3 Å². The van der Waals surface area contributed by atoms with Crippen LogP contribution in [0.15, 0.2) is 102 Å². The van der Waals surface area contributed by atoms with Crippen molar-refractivity contribution in [3.8, 4) is 12.3 Å². The Balaban J connectivity index is 1.78. The third-order valence-electron chi connectivity index (χ3n) is 7.04. The van der Waals surface area contributed by atoms with E-state index < -0.39 is 17.3 Å². The lowest BCUT2D eigenvalue weighted by atomic mass is 9.59. The lowest BCUT2D eigenvalue weighted by Crippen LogP contribution is -2.41. The number of nitrogens with one attached hydrogen (secondary N) is 1. The zero-order valence-electron chi connectivity index (χ0n) is 20.2. The third kappa shape index (κ3) is 3.74. The van der Waals surface area contributed by atoms with Crippen LogP contribution >= 0.6 is 0 Å². The Labute approximate surface area is 211 Å². The lowest BCUT2D eigenvalue weighted by Gasteiger charge is -2.41. The SMILES string of the molecule is C#CCC12C(=O)c3ccccc3C1=CC(NCc1ccccc1)=C(C(=O)OCC)C2c1ccccc1. The zero-order valence-corrected chi connectivity index (χ0v) is 20.2. The van der Waals surface area contributed by atoms with E-state index in [0.29, 0.717) is 23.4 Å². The number of carbonyl (C=O) groups excluding carboxylic acids is 2. The van der Waals surface area contributed by atoms with E-state index in [4.69, 9.17) is 11.2 Å². The smallest absolute Gasteiger partial charge is 0.336 e. The van der Waals surface area contributed by atoms with Crippen molar-refractivity contribution >= 4 is 17.3 Å². The molecular formula is C32H27NO3. The van der Waals surface area contributed by atoms with E-state index in [1.165, 1.54) is 0 Å². The van der Waals surface area contributed by atoms with Gasteiger partial charge in [0.15, 0.2) is 5.78 Å². The number of rotatable bonds is 7. The average molecular weight is 474 g/mol. The fourth-order valence-electron chi connectivity index (χ4n) is 5.55. The average Bonchev–Trinajstić information content (AvgIpc) is 3.16. The molecule has 0 aliphatic heterocycles. The fourth-order valence-corrected chi connectivity index (χ4v) is 5.55. The minimum atomic E-state index is -1.10. The molecule has 2 aliphatic rings. The summed E-state index contributed by atoms with van der Waals surface area (Å²) in [6, 6.07) is 27.3. The molecule has 4 nitrogen and oxygen atoms in total. The van der Waals surface area contributed by atoms with Gasteiger partial charge in [0.2, 0.25) is 0 Å². The molecule has 2 unspecified atom stereocenters. The molecule has 2 atom stereocenters. The van der Waals surface area contributed by atoms with Gasteiger partial charge in [-0.15, -0.1) is 12.3 Å². The molecule has 0 saturated carbocycles. The zero-order chi connectivity index (χ0) is 25.1. The number of hydrogen-bond acceptors (Lipinski definition) is 4. The van der Waals surface area contributed by atoms with Gasteiger partial charge in [-0.25, -0.2) is 4.79 Å². The highest BCUT2D eigenvalue weighted by atomic mass is 16.5. The third-order valence-corrected chi connectivity index (χ3v) is 7.04. The minimum Gasteiger partial charge on any atom is -0.463 e. The molecule has 5 rings (SSSR count). The maximum absolute atomic E-state index is 14.2. The van der Waals surface area contributed by atoms with E-state index >= 15 is 0 Å². The second-order valence-electron chi connectivity index (χ2n) is 9.02. The molecule has 36 heavy (non-hydrogen) atoms. The number of terminal acetylenes is 1. The van der Waals surface area contributed by atoms with Gasteiger partial charge in [0.05, 0.1) is 17.6 Å². The Bertz CT molecular complexity index is 1410. The van der Waals surface area contributed by atoms with Gasteiger partial charge in [-0.3, -0.25) is 4.79 Å². The van der Waals surface area contributed by atoms with Gasteiger partial charge in [0.1, 0.15) is 0 Å². The van der Waals surface area contributed by atoms with E-state index in [1.54, 1.807) is 6.92 Å². The Morgan fingerprint density at radius 2 is 1.61 bits per heavy atom. The molecule has 0 amide bonds. The van der Waals surface area contributed by atoms with Crippen molar-refractivity contribution in [3.05, 3.63) is 125 Å². The summed E-state index contributed by atoms with van der Waals surface area (Å²) in [5, 5.41) is 3.48. The summed E-state index contributed by atoms with van der Waals surface area (Å²) in [5.41, 5.74) is 4.25. The molecule has 0 aromatic heterocycles. The first-order valence-corrected chi connectivity index (χ1v) is 12.2. The second-order valence-corrected chi connectivity index (χ2v) is 9.02. The Morgan fingerprint density at radius 1 is 0.972 bits per heavy atom. The first kappa shape index (κ1) is 23.4. The predicted molar refractivity (Wildman–Crippen MR) is 141 cm³/mol. The van der Waals surface area contributed by atoms with Crippen LogP contribution < -0.4 is 5.32 Å². The normalized spacial score (nSPS) is 20.2. The summed E-state index contributed by atoms with van der Waals surface area (Å²) in [7, 11) is 0. The van der Waals surface area contributed by atoms with Crippen molar-refractivity contribution < 1.29 is 14.3 Å². The standard InChI is InChI=1S/C32H27NO3/c1-3-19-32-26(24-17-11-12-18-25(24)30(32)34)20-27(33-21-22-13-7-5-8-14-22)28(31(35)36-4-2)29(32)23-15-9-6-10-16-23/h1,5-18,20,29,33H,4,19,21H2,2H3. The van der Waals surface area contributed by atoms with Crippen molar-refractivity contribution in [2.75, 3.05) is 6.61 Å². The lowest BCUT2D eigenvalue weighted by molar-refractivity contribution is -0.139. The van der Waals surface area contributed by atoms with Crippen LogP contribution in [-0.4, -0.2) is 18.4 Å². The van der Waals surface area contributed by atoms with E-state index in [0.717, 1.165) is 22.3 Å². The van der Waals surface area contributed by atoms with Gasteiger partial charge in [-0.1, -0.05) is 84.9 Å². The van der Waals surface area contributed by atoms with Crippen molar-refractivity contribution in [2.45, 2.75) is 25.8 Å². The number of carbonyl (C=O) groups is 2. The summed E-state index contributed by atoms with van der Waals surface area (Å²) < 4.78 is 5.57. The number of benzene rings is 3. The number of Topliss-reactive ketones (excluding diaryl/α,β-unsaturated/α-hetero) is 1. The van der Waals surface area contributed by atoms with Gasteiger partial charge in [0.25, 0.3) is 0 Å². The highest BCUT2D eigenvalue weighted by Crippen LogP contribution is 2.61. The molecule has 1 N–H and O–H groups in total. The van der Waals surface area contributed by atoms with Gasteiger partial charge in [0, 0.05) is 30.1 Å². The van der Waals surface area contributed by atoms with Gasteiger partial charge < -0.3 is 10.1 Å². The first-order chi connectivity index (χ1) is 17.6. The van der Waals surface area contributed by atoms with Crippen molar-refractivity contribution in [1.82, 2.24) is 5.32 Å². The van der Waals surface area contributed by atoms with Crippen LogP contribution in [0.3, 0.4) is 0 Å². The number of allylic oxidation sites excluding steroid dienone is 2. The molecule has 0 heterocycles. The molecule has 0 bridgehead atoms. The van der Waals surface area contributed by atoms with Crippen molar-refractivity contribution in [1.29, 1.82) is 0 Å². The van der Waals surface area contributed by atoms with Crippen LogP contribution in [0.5, 0.6) is 0 Å². The van der Waals surface area contributed by atoms with Crippen LogP contribution in [0.4, 0.5) is 0 Å². The van der Waals surface area contributed by atoms with Crippen molar-refractivity contribution in [3.63, 3.8) is 0 Å². The van der Waals surface area contributed by atoms with E-state index in [1.807, 2.05) is 91.0 Å². The molecule has 0 spiro atoms. The predicted octanol–water partition coefficient (Wildman–Crippen LogP) is 5.68. The number of fused-ring (bicyclic) bond motifs is 3. The highest BCUT2D eigenvalue weighted by Gasteiger charge is 2.58. The Hall–Kier alpha value is -4.36. The molecule has 0 fully saturated rings. The Kier molecular flexibility index (Phi) is 6.31. The maximum Gasteiger partial charge on any atom is 0.336 e. The summed E-state index contributed by atoms with van der Waals surface area (Å²) in [6.45, 7) is 2.52. The molecule has 4 heteroatoms. The molecule has 3 aromatic carbocycles. The monoisotopic (exact) mass is 473 g/mol. The van der Waals surface area contributed by atoms with Crippen molar-refractivity contribution in [2.24, 2.45) is 5.41 Å². The number of hydrogen-bond donors (Lipinski definition) is 1.